The van der Waals surface area contributed by atoms with E-state index in [2.05, 4.69) is 10.3 Å². The van der Waals surface area contributed by atoms with E-state index >= 15 is 0 Å². The number of alkyl halides is 3. The Morgan fingerprint density at radius 3 is 2.74 bits per heavy atom. The fourth-order valence-corrected chi connectivity index (χ4v) is 3.13. The Kier molecular flexibility index (Phi) is 5.16. The molecule has 0 spiro atoms. The van der Waals surface area contributed by atoms with Gasteiger partial charge in [0.05, 0.1) is 17.2 Å². The molecule has 2 heterocycles. The minimum Gasteiger partial charge on any atom is -0.347 e. The summed E-state index contributed by atoms with van der Waals surface area (Å²) in [5.74, 6) is -0.642. The smallest absolute Gasteiger partial charge is 0.347 e. The molecule has 1 fully saturated rings. The van der Waals surface area contributed by atoms with Crippen molar-refractivity contribution >= 4 is 11.8 Å². The van der Waals surface area contributed by atoms with Crippen molar-refractivity contribution in [2.75, 3.05) is 6.54 Å². The molecule has 2 amide bonds. The van der Waals surface area contributed by atoms with Gasteiger partial charge in [0, 0.05) is 31.9 Å². The summed E-state index contributed by atoms with van der Waals surface area (Å²) >= 11 is 0. The van der Waals surface area contributed by atoms with E-state index in [9.17, 15) is 22.8 Å². The third kappa shape index (κ3) is 4.27. The lowest BCUT2D eigenvalue weighted by Gasteiger charge is -2.20. The zero-order valence-corrected chi connectivity index (χ0v) is 14.6. The van der Waals surface area contributed by atoms with E-state index in [1.165, 1.54) is 29.3 Å². The number of hydrogen-bond donors (Lipinski definition) is 1. The van der Waals surface area contributed by atoms with Crippen molar-refractivity contribution < 1.29 is 22.8 Å². The molecule has 1 atom stereocenters. The highest BCUT2D eigenvalue weighted by Crippen LogP contribution is 2.32. The fraction of sp³-hybridized carbons (Fsp3) is 0.316. The highest BCUT2D eigenvalue weighted by Gasteiger charge is 2.36. The standard InChI is InChI=1S/C19H18F3N3O2/c1-12-6-7-23-9-15(12)18(27)24-14-8-17(26)25(11-14)10-13-4-2-3-5-16(13)19(20,21)22/h2-7,9,14H,8,10-11H2,1H3,(H,24,27). The SMILES string of the molecule is Cc1ccncc1C(=O)NC1CC(=O)N(Cc2ccccc2C(F)(F)F)C1. The first-order valence-electron chi connectivity index (χ1n) is 8.40. The molecule has 142 valence electrons. The number of likely N-dealkylation sites (tertiary alicyclic amines) is 1. The van der Waals surface area contributed by atoms with Crippen LogP contribution in [0, 0.1) is 6.92 Å². The lowest BCUT2D eigenvalue weighted by molar-refractivity contribution is -0.139. The maximum atomic E-state index is 13.1. The van der Waals surface area contributed by atoms with Gasteiger partial charge in [0.1, 0.15) is 0 Å². The van der Waals surface area contributed by atoms with Crippen LogP contribution >= 0.6 is 0 Å². The van der Waals surface area contributed by atoms with Crippen molar-refractivity contribution in [2.45, 2.75) is 32.1 Å². The van der Waals surface area contributed by atoms with Crippen LogP contribution in [0.5, 0.6) is 0 Å². The Hall–Kier alpha value is -2.90. The van der Waals surface area contributed by atoms with Gasteiger partial charge < -0.3 is 10.2 Å². The number of carbonyl (C=O) groups is 2. The highest BCUT2D eigenvalue weighted by molar-refractivity contribution is 5.96. The van der Waals surface area contributed by atoms with Gasteiger partial charge in [-0.3, -0.25) is 14.6 Å². The van der Waals surface area contributed by atoms with Crippen molar-refractivity contribution in [3.05, 3.63) is 65.0 Å². The summed E-state index contributed by atoms with van der Waals surface area (Å²) in [7, 11) is 0. The molecule has 0 saturated carbocycles. The number of pyridine rings is 1. The van der Waals surface area contributed by atoms with E-state index in [1.54, 1.807) is 19.2 Å². The molecule has 5 nitrogen and oxygen atoms in total. The van der Waals surface area contributed by atoms with E-state index in [0.29, 0.717) is 5.56 Å². The summed E-state index contributed by atoms with van der Waals surface area (Å²) in [6.07, 6.45) is -1.41. The molecule has 1 aliphatic rings. The number of benzene rings is 1. The number of hydrogen-bond acceptors (Lipinski definition) is 3. The number of amides is 2. The fourth-order valence-electron chi connectivity index (χ4n) is 3.13. The quantitative estimate of drug-likeness (QED) is 0.891. The number of rotatable bonds is 4. The second-order valence-electron chi connectivity index (χ2n) is 6.49. The van der Waals surface area contributed by atoms with Crippen LogP contribution in [0.1, 0.15) is 33.5 Å². The average Bonchev–Trinajstić information content (AvgIpc) is 2.94. The maximum absolute atomic E-state index is 13.1. The Bertz CT molecular complexity index is 867. The van der Waals surface area contributed by atoms with Gasteiger partial charge in [-0.05, 0) is 30.2 Å². The topological polar surface area (TPSA) is 62.3 Å². The number of nitrogens with one attached hydrogen (secondary N) is 1. The van der Waals surface area contributed by atoms with Gasteiger partial charge in [-0.1, -0.05) is 18.2 Å². The number of halogens is 3. The van der Waals surface area contributed by atoms with Crippen molar-refractivity contribution in [1.29, 1.82) is 0 Å². The summed E-state index contributed by atoms with van der Waals surface area (Å²) in [5, 5.41) is 2.76. The third-order valence-electron chi connectivity index (χ3n) is 4.52. The van der Waals surface area contributed by atoms with E-state index in [1.807, 2.05) is 0 Å². The number of aromatic nitrogens is 1. The summed E-state index contributed by atoms with van der Waals surface area (Å²) in [4.78, 5) is 29.8. The molecule has 3 rings (SSSR count). The van der Waals surface area contributed by atoms with Gasteiger partial charge >= 0.3 is 6.18 Å². The summed E-state index contributed by atoms with van der Waals surface area (Å²) < 4.78 is 39.4. The van der Waals surface area contributed by atoms with Gasteiger partial charge in [0.25, 0.3) is 5.91 Å². The van der Waals surface area contributed by atoms with Crippen LogP contribution in [-0.2, 0) is 17.5 Å². The molecule has 2 aromatic rings. The first kappa shape index (κ1) is 18.9. The van der Waals surface area contributed by atoms with Gasteiger partial charge in [0.2, 0.25) is 5.91 Å². The molecule has 1 N–H and O–H groups in total. The molecule has 1 aromatic heterocycles. The molecule has 0 radical (unpaired) electrons. The largest absolute Gasteiger partial charge is 0.416 e. The van der Waals surface area contributed by atoms with Crippen LogP contribution in [0.2, 0.25) is 0 Å². The monoisotopic (exact) mass is 377 g/mol. The van der Waals surface area contributed by atoms with Crippen molar-refractivity contribution in [1.82, 2.24) is 15.2 Å². The number of carbonyl (C=O) groups excluding carboxylic acids is 2. The normalized spacial score (nSPS) is 17.3. The molecule has 1 aromatic carbocycles. The van der Waals surface area contributed by atoms with E-state index in [0.717, 1.165) is 11.6 Å². The van der Waals surface area contributed by atoms with E-state index < -0.39 is 17.8 Å². The van der Waals surface area contributed by atoms with Gasteiger partial charge in [-0.2, -0.15) is 13.2 Å². The second-order valence-corrected chi connectivity index (χ2v) is 6.49. The van der Waals surface area contributed by atoms with Crippen molar-refractivity contribution in [2.24, 2.45) is 0 Å². The molecule has 0 aliphatic carbocycles. The van der Waals surface area contributed by atoms with E-state index in [4.69, 9.17) is 0 Å². The van der Waals surface area contributed by atoms with Crippen LogP contribution in [0.25, 0.3) is 0 Å². The lowest BCUT2D eigenvalue weighted by Crippen LogP contribution is -2.37. The van der Waals surface area contributed by atoms with Crippen LogP contribution in [-0.4, -0.2) is 34.3 Å². The molecule has 1 saturated heterocycles. The summed E-state index contributed by atoms with van der Waals surface area (Å²) in [5.41, 5.74) is 0.443. The highest BCUT2D eigenvalue weighted by atomic mass is 19.4. The summed E-state index contributed by atoms with van der Waals surface area (Å²) in [6, 6.07) is 6.44. The summed E-state index contributed by atoms with van der Waals surface area (Å²) in [6.45, 7) is 1.79. The Balaban J connectivity index is 1.68. The minimum absolute atomic E-state index is 0.0356. The van der Waals surface area contributed by atoms with Crippen molar-refractivity contribution in [3.8, 4) is 0 Å². The first-order chi connectivity index (χ1) is 12.8. The van der Waals surface area contributed by atoms with Crippen LogP contribution in [0.3, 0.4) is 0 Å². The molecule has 0 bridgehead atoms. The average molecular weight is 377 g/mol. The Labute approximate surface area is 154 Å². The van der Waals surface area contributed by atoms with Crippen LogP contribution < -0.4 is 5.32 Å². The van der Waals surface area contributed by atoms with Gasteiger partial charge in [0.15, 0.2) is 0 Å². The first-order valence-corrected chi connectivity index (χ1v) is 8.40. The van der Waals surface area contributed by atoms with Crippen molar-refractivity contribution in [3.63, 3.8) is 0 Å². The zero-order valence-electron chi connectivity index (χ0n) is 14.6. The maximum Gasteiger partial charge on any atom is 0.416 e. The second kappa shape index (κ2) is 7.38. The number of nitrogens with zero attached hydrogens (tertiary/aromatic N) is 2. The molecule has 27 heavy (non-hydrogen) atoms. The minimum atomic E-state index is -4.48. The predicted molar refractivity (Wildman–Crippen MR) is 91.7 cm³/mol. The number of aryl methyl sites for hydroxylation is 1. The molecule has 1 unspecified atom stereocenters. The molecular formula is C19H18F3N3O2. The van der Waals surface area contributed by atoms with Crippen LogP contribution in [0.15, 0.2) is 42.7 Å². The van der Waals surface area contributed by atoms with E-state index in [-0.39, 0.29) is 36.9 Å². The zero-order chi connectivity index (χ0) is 19.6. The molecule has 1 aliphatic heterocycles. The Morgan fingerprint density at radius 2 is 2.04 bits per heavy atom. The lowest BCUT2D eigenvalue weighted by atomic mass is 10.1. The van der Waals surface area contributed by atoms with Crippen LogP contribution in [0.4, 0.5) is 13.2 Å². The Morgan fingerprint density at radius 1 is 1.30 bits per heavy atom. The molecular weight excluding hydrogens is 359 g/mol. The third-order valence-corrected chi connectivity index (χ3v) is 4.52. The predicted octanol–water partition coefficient (Wildman–Crippen LogP) is 2.94. The van der Waals surface area contributed by atoms with Gasteiger partial charge in [-0.15, -0.1) is 0 Å². The molecule has 8 heteroatoms. The van der Waals surface area contributed by atoms with Gasteiger partial charge in [-0.25, -0.2) is 0 Å².